The zero-order valence-electron chi connectivity index (χ0n) is 42.6. The van der Waals surface area contributed by atoms with E-state index >= 15 is 0 Å². The summed E-state index contributed by atoms with van der Waals surface area (Å²) in [6, 6.07) is 18.0. The molecule has 5 amide bonds. The fourth-order valence-electron chi connectivity index (χ4n) is 8.64. The molecule has 4 rings (SSSR count). The molecule has 0 bridgehead atoms. The van der Waals surface area contributed by atoms with Gasteiger partial charge in [0.15, 0.2) is 0 Å². The Morgan fingerprint density at radius 2 is 1.36 bits per heavy atom. The zero-order chi connectivity index (χ0) is 52.1. The average Bonchev–Trinajstić information content (AvgIpc) is 3.25. The molecule has 0 aliphatic heterocycles. The predicted octanol–water partition coefficient (Wildman–Crippen LogP) is 8.73. The van der Waals surface area contributed by atoms with Gasteiger partial charge in [-0.05, 0) is 115 Å². The lowest BCUT2D eigenvalue weighted by atomic mass is 9.78. The van der Waals surface area contributed by atoms with Crippen LogP contribution in [0.15, 0.2) is 92.0 Å². The van der Waals surface area contributed by atoms with Crippen molar-refractivity contribution in [2.45, 2.75) is 173 Å². The predicted molar refractivity (Wildman–Crippen MR) is 273 cm³/mol. The molecular weight excluding hydrogens is 910 g/mol. The third-order valence-corrected chi connectivity index (χ3v) is 14.0. The van der Waals surface area contributed by atoms with Gasteiger partial charge in [-0.25, -0.2) is 0 Å². The monoisotopic (exact) mass is 986 g/mol. The average molecular weight is 986 g/mol. The fourth-order valence-corrected chi connectivity index (χ4v) is 11.1. The second-order valence-corrected chi connectivity index (χ2v) is 23.1. The number of hydrogen-bond acceptors (Lipinski definition) is 10. The molecule has 70 heavy (non-hydrogen) atoms. The normalized spacial score (nSPS) is 15.8. The molecular formula is C54H76N5O10P. The van der Waals surface area contributed by atoms with Crippen molar-refractivity contribution < 1.29 is 47.1 Å². The van der Waals surface area contributed by atoms with Crippen LogP contribution >= 0.6 is 7.60 Å². The van der Waals surface area contributed by atoms with Crippen molar-refractivity contribution >= 4 is 53.9 Å². The highest BCUT2D eigenvalue weighted by atomic mass is 31.2. The molecule has 1 aliphatic rings. The van der Waals surface area contributed by atoms with Crippen LogP contribution in [0.25, 0.3) is 10.8 Å². The van der Waals surface area contributed by atoms with Crippen LogP contribution in [0.5, 0.6) is 0 Å². The highest BCUT2D eigenvalue weighted by Crippen LogP contribution is 2.57. The van der Waals surface area contributed by atoms with Crippen molar-refractivity contribution in [2.24, 2.45) is 11.7 Å². The van der Waals surface area contributed by atoms with Gasteiger partial charge >= 0.3 is 13.6 Å². The summed E-state index contributed by atoms with van der Waals surface area (Å²) in [5.41, 5.74) is 3.82. The molecule has 0 spiro atoms. The van der Waals surface area contributed by atoms with Crippen molar-refractivity contribution in [3.05, 3.63) is 109 Å². The first-order valence-electron chi connectivity index (χ1n) is 24.2. The van der Waals surface area contributed by atoms with Crippen molar-refractivity contribution in [1.82, 2.24) is 21.3 Å². The molecule has 6 N–H and O–H groups in total. The Labute approximate surface area is 414 Å². The largest absolute Gasteiger partial charge is 0.460 e. The minimum absolute atomic E-state index is 0.0244. The Morgan fingerprint density at radius 3 is 1.93 bits per heavy atom. The summed E-state index contributed by atoms with van der Waals surface area (Å²) in [4.78, 5) is 83.3. The van der Waals surface area contributed by atoms with E-state index in [1.165, 1.54) is 0 Å². The van der Waals surface area contributed by atoms with Crippen molar-refractivity contribution in [3.63, 3.8) is 0 Å². The SMILES string of the molecule is C=CCC[C@H](NC(=O)[C@H](CC(N)=O)NC(=O)C1(NC(=O)[C@@H](CC(=O)OC(C)(C)C)[C@H](C=C)c2ccc(CP(=O)(OC(C)(C)C)OC(C)(C)C)cc2)CCCCC1)C(=O)NCc1cccc2ccccc12. The lowest BCUT2D eigenvalue weighted by Crippen LogP contribution is -2.64. The number of ether oxygens (including phenoxy) is 1. The number of amides is 5. The van der Waals surface area contributed by atoms with E-state index in [4.69, 9.17) is 19.5 Å². The number of hydrogen-bond donors (Lipinski definition) is 5. The molecule has 4 atom stereocenters. The summed E-state index contributed by atoms with van der Waals surface area (Å²) in [6.07, 6.45) is 4.97. The smallest absolute Gasteiger partial charge is 0.336 e. The summed E-state index contributed by atoms with van der Waals surface area (Å²) in [5, 5.41) is 13.3. The Bertz CT molecular complexity index is 2370. The number of carbonyl (C=O) groups is 6. The van der Waals surface area contributed by atoms with E-state index in [0.717, 1.165) is 22.8 Å². The standard InChI is InChI=1S/C54H76N5O10P/c1-12-14-25-43(48(63)56-34-39-23-20-22-37-21-16-17-24-41(37)39)57-49(64)44(33-45(55)60)58-50(65)54(30-18-15-19-31-54)59-47(62)42(32-46(61)67-51(3,4)5)40(13-2)38-28-26-36(27-29-38)35-70(66,68-52(6,7)8)69-53(9,10)11/h12-13,16-17,20-24,26-29,40,42-44H,1-2,14-15,18-19,25,30-35H2,3-11H3,(H2,55,60)(H,56,63)(H,57,64)(H,58,65)(H,59,62)/t40-,42+,43+,44+/m1/s1. The number of carbonyl (C=O) groups excluding carboxylic acids is 6. The first kappa shape index (κ1) is 57.0. The molecule has 0 heterocycles. The third kappa shape index (κ3) is 17.6. The Morgan fingerprint density at radius 1 is 0.743 bits per heavy atom. The van der Waals surface area contributed by atoms with Crippen molar-refractivity contribution in [3.8, 4) is 0 Å². The van der Waals surface area contributed by atoms with E-state index in [-0.39, 0.29) is 38.4 Å². The molecule has 0 saturated heterocycles. The lowest BCUT2D eigenvalue weighted by molar-refractivity contribution is -0.157. The van der Waals surface area contributed by atoms with Crippen LogP contribution in [0.4, 0.5) is 0 Å². The second-order valence-electron chi connectivity index (χ2n) is 21.2. The number of primary amides is 1. The maximum atomic E-state index is 14.8. The highest BCUT2D eigenvalue weighted by molar-refractivity contribution is 7.53. The minimum Gasteiger partial charge on any atom is -0.460 e. The van der Waals surface area contributed by atoms with Gasteiger partial charge in [-0.3, -0.25) is 33.3 Å². The zero-order valence-corrected chi connectivity index (χ0v) is 43.5. The molecule has 15 nitrogen and oxygen atoms in total. The van der Waals surface area contributed by atoms with Crippen LogP contribution in [-0.2, 0) is 59.8 Å². The molecule has 1 aliphatic carbocycles. The first-order valence-corrected chi connectivity index (χ1v) is 25.9. The van der Waals surface area contributed by atoms with Gasteiger partial charge < -0.3 is 40.8 Å². The van der Waals surface area contributed by atoms with Crippen LogP contribution in [0, 0.1) is 5.92 Å². The molecule has 0 radical (unpaired) electrons. The molecule has 1 saturated carbocycles. The van der Waals surface area contributed by atoms with Gasteiger partial charge in [0.2, 0.25) is 29.5 Å². The van der Waals surface area contributed by atoms with Crippen LogP contribution < -0.4 is 27.0 Å². The Kier molecular flexibility index (Phi) is 19.9. The molecule has 3 aromatic rings. The minimum atomic E-state index is -3.66. The van der Waals surface area contributed by atoms with E-state index < -0.39 is 95.8 Å². The van der Waals surface area contributed by atoms with Gasteiger partial charge in [-0.2, -0.15) is 0 Å². The van der Waals surface area contributed by atoms with E-state index in [1.807, 2.05) is 42.5 Å². The maximum Gasteiger partial charge on any atom is 0.336 e. The van der Waals surface area contributed by atoms with E-state index in [9.17, 15) is 33.3 Å². The van der Waals surface area contributed by atoms with Gasteiger partial charge in [0.1, 0.15) is 23.2 Å². The number of nitrogens with two attached hydrogens (primary N) is 1. The van der Waals surface area contributed by atoms with E-state index in [2.05, 4.69) is 34.4 Å². The molecule has 0 aromatic heterocycles. The lowest BCUT2D eigenvalue weighted by Gasteiger charge is -2.39. The summed E-state index contributed by atoms with van der Waals surface area (Å²) in [5.74, 6) is -6.09. The highest BCUT2D eigenvalue weighted by Gasteiger charge is 2.45. The Hall–Kier alpha value is -5.63. The summed E-state index contributed by atoms with van der Waals surface area (Å²) < 4.78 is 31.8. The number of rotatable bonds is 23. The van der Waals surface area contributed by atoms with Crippen molar-refractivity contribution in [1.29, 1.82) is 0 Å². The summed E-state index contributed by atoms with van der Waals surface area (Å²) in [7, 11) is -3.66. The summed E-state index contributed by atoms with van der Waals surface area (Å²) in [6.45, 7) is 23.9. The van der Waals surface area contributed by atoms with Crippen LogP contribution in [-0.4, -0.2) is 69.9 Å². The first-order chi connectivity index (χ1) is 32.6. The molecule has 1 fully saturated rings. The maximum absolute atomic E-state index is 14.8. The third-order valence-electron chi connectivity index (χ3n) is 11.6. The number of allylic oxidation sites excluding steroid dienone is 2. The van der Waals surface area contributed by atoms with Gasteiger partial charge in [0, 0.05) is 12.5 Å². The van der Waals surface area contributed by atoms with Gasteiger partial charge in [-0.1, -0.05) is 98.1 Å². The van der Waals surface area contributed by atoms with E-state index in [0.29, 0.717) is 30.4 Å². The number of benzene rings is 3. The van der Waals surface area contributed by atoms with E-state index in [1.54, 1.807) is 98.7 Å². The molecule has 0 unspecified atom stereocenters. The van der Waals surface area contributed by atoms with Gasteiger partial charge in [-0.15, -0.1) is 13.2 Å². The number of nitrogens with one attached hydrogen (secondary N) is 4. The topological polar surface area (TPSA) is 221 Å². The van der Waals surface area contributed by atoms with Gasteiger partial charge in [0.25, 0.3) is 0 Å². The van der Waals surface area contributed by atoms with Crippen molar-refractivity contribution in [2.75, 3.05) is 0 Å². The molecule has 3 aromatic carbocycles. The van der Waals surface area contributed by atoms with Crippen LogP contribution in [0.2, 0.25) is 0 Å². The molecule has 382 valence electrons. The number of fused-ring (bicyclic) bond motifs is 1. The fraction of sp³-hybridized carbons (Fsp3) is 0.519. The number of esters is 1. The van der Waals surface area contributed by atoms with Gasteiger partial charge in [0.05, 0.1) is 36.1 Å². The van der Waals surface area contributed by atoms with Crippen LogP contribution in [0.1, 0.15) is 143 Å². The molecule has 16 heteroatoms. The second kappa shape index (κ2) is 24.5. The van der Waals surface area contributed by atoms with Crippen LogP contribution in [0.3, 0.4) is 0 Å². The summed E-state index contributed by atoms with van der Waals surface area (Å²) >= 11 is 0. The Balaban J connectivity index is 1.61. The quantitative estimate of drug-likeness (QED) is 0.0345.